The summed E-state index contributed by atoms with van der Waals surface area (Å²) in [5.41, 5.74) is 1.90. The van der Waals surface area contributed by atoms with Gasteiger partial charge in [0.2, 0.25) is 0 Å². The average Bonchev–Trinajstić information content (AvgIpc) is 3.12. The van der Waals surface area contributed by atoms with Gasteiger partial charge in [0, 0.05) is 37.4 Å². The molecule has 4 rings (SSSR count). The van der Waals surface area contributed by atoms with Crippen LogP contribution in [0.25, 0.3) is 11.0 Å². The first kappa shape index (κ1) is 15.7. The predicted molar refractivity (Wildman–Crippen MR) is 95.1 cm³/mol. The van der Waals surface area contributed by atoms with Crippen molar-refractivity contribution in [2.45, 2.75) is 0 Å². The second-order valence-electron chi connectivity index (χ2n) is 5.90. The fourth-order valence-electron chi connectivity index (χ4n) is 3.11. The lowest BCUT2D eigenvalue weighted by Gasteiger charge is -2.36. The van der Waals surface area contributed by atoms with Gasteiger partial charge in [-0.2, -0.15) is 5.10 Å². The van der Waals surface area contributed by atoms with Crippen LogP contribution < -0.4 is 4.90 Å². The highest BCUT2D eigenvalue weighted by Crippen LogP contribution is 2.31. The zero-order valence-corrected chi connectivity index (χ0v) is 14.1. The molecule has 2 N–H and O–H groups in total. The summed E-state index contributed by atoms with van der Waals surface area (Å²) in [4.78, 5) is 20.8. The lowest BCUT2D eigenvalue weighted by molar-refractivity contribution is 0.0748. The second-order valence-corrected chi connectivity index (χ2v) is 6.34. The van der Waals surface area contributed by atoms with Crippen LogP contribution in [0.1, 0.15) is 10.4 Å². The van der Waals surface area contributed by atoms with Crippen molar-refractivity contribution in [1.29, 1.82) is 0 Å². The molecule has 0 atom stereocenters. The summed E-state index contributed by atoms with van der Waals surface area (Å²) < 4.78 is 0. The number of aromatic hydroxyl groups is 1. The number of hydrogen-bond donors (Lipinski definition) is 2. The number of amides is 1. The van der Waals surface area contributed by atoms with E-state index in [1.54, 1.807) is 41.6 Å². The molecule has 0 spiro atoms. The van der Waals surface area contributed by atoms with E-state index in [1.807, 2.05) is 4.90 Å². The quantitative estimate of drug-likeness (QED) is 0.735. The molecule has 128 valence electrons. The summed E-state index contributed by atoms with van der Waals surface area (Å²) in [7, 11) is 0. The normalized spacial score (nSPS) is 14.9. The number of aromatic amines is 1. The number of fused-ring (bicyclic) bond motifs is 1. The molecule has 25 heavy (non-hydrogen) atoms. The van der Waals surface area contributed by atoms with Crippen LogP contribution in [0.15, 0.2) is 36.7 Å². The van der Waals surface area contributed by atoms with E-state index in [1.165, 1.54) is 0 Å². The Labute approximate surface area is 148 Å². The number of nitrogens with zero attached hydrogens (tertiary/aromatic N) is 4. The first-order valence-electron chi connectivity index (χ1n) is 7.94. The number of hydrogen-bond acceptors (Lipinski definition) is 5. The van der Waals surface area contributed by atoms with Crippen molar-refractivity contribution in [3.8, 4) is 5.75 Å². The van der Waals surface area contributed by atoms with Gasteiger partial charge in [-0.3, -0.25) is 9.89 Å². The van der Waals surface area contributed by atoms with E-state index in [0.29, 0.717) is 48.1 Å². The standard InChI is InChI=1S/C17H16ClN5O2/c18-11-1-2-15(24)14(9-11)22-5-7-23(8-6-22)17(25)12-3-4-19-16-13(12)10-20-21-16/h1-4,9-10,24H,5-8H2,(H,19,20,21). The number of phenols is 1. The lowest BCUT2D eigenvalue weighted by Crippen LogP contribution is -2.48. The number of nitrogens with one attached hydrogen (secondary N) is 1. The van der Waals surface area contributed by atoms with Crippen molar-refractivity contribution < 1.29 is 9.90 Å². The SMILES string of the molecule is O=C(c1ccnc2[nH]ncc12)N1CCN(c2cc(Cl)ccc2O)CC1. The van der Waals surface area contributed by atoms with Gasteiger partial charge in [0.05, 0.1) is 22.8 Å². The smallest absolute Gasteiger partial charge is 0.254 e. The third-order valence-corrected chi connectivity index (χ3v) is 4.66. The van der Waals surface area contributed by atoms with Crippen molar-refractivity contribution in [1.82, 2.24) is 20.1 Å². The van der Waals surface area contributed by atoms with E-state index in [-0.39, 0.29) is 11.7 Å². The second kappa shape index (κ2) is 6.25. The molecule has 7 nitrogen and oxygen atoms in total. The van der Waals surface area contributed by atoms with Crippen molar-refractivity contribution in [3.05, 3.63) is 47.2 Å². The summed E-state index contributed by atoms with van der Waals surface area (Å²) in [5, 5.41) is 18.1. The maximum absolute atomic E-state index is 12.8. The average molecular weight is 358 g/mol. The van der Waals surface area contributed by atoms with Crippen LogP contribution in [0, 0.1) is 0 Å². The van der Waals surface area contributed by atoms with Crippen LogP contribution in [-0.4, -0.2) is 57.3 Å². The molecular weight excluding hydrogens is 342 g/mol. The van der Waals surface area contributed by atoms with Crippen molar-refractivity contribution in [2.75, 3.05) is 31.1 Å². The topological polar surface area (TPSA) is 85.4 Å². The van der Waals surface area contributed by atoms with E-state index in [9.17, 15) is 9.90 Å². The van der Waals surface area contributed by atoms with Gasteiger partial charge >= 0.3 is 0 Å². The largest absolute Gasteiger partial charge is 0.506 e. The Bertz CT molecular complexity index is 934. The molecule has 1 fully saturated rings. The van der Waals surface area contributed by atoms with Gasteiger partial charge in [-0.25, -0.2) is 4.98 Å². The van der Waals surface area contributed by atoms with Gasteiger partial charge in [-0.15, -0.1) is 0 Å². The first-order valence-corrected chi connectivity index (χ1v) is 8.32. The minimum atomic E-state index is -0.0382. The molecule has 8 heteroatoms. The number of carbonyl (C=O) groups is 1. The molecule has 0 saturated carbocycles. The third-order valence-electron chi connectivity index (χ3n) is 4.43. The number of piperazine rings is 1. The Morgan fingerprint density at radius 1 is 1.20 bits per heavy atom. The number of pyridine rings is 1. The van der Waals surface area contributed by atoms with Crippen LogP contribution >= 0.6 is 11.6 Å². The van der Waals surface area contributed by atoms with Gasteiger partial charge in [0.15, 0.2) is 5.65 Å². The van der Waals surface area contributed by atoms with Crippen LogP contribution in [-0.2, 0) is 0 Å². The van der Waals surface area contributed by atoms with Crippen molar-refractivity contribution >= 4 is 34.2 Å². The van der Waals surface area contributed by atoms with E-state index < -0.39 is 0 Å². The number of carbonyl (C=O) groups excluding carboxylic acids is 1. The van der Waals surface area contributed by atoms with Gasteiger partial charge < -0.3 is 14.9 Å². The van der Waals surface area contributed by atoms with Crippen LogP contribution in [0.5, 0.6) is 5.75 Å². The summed E-state index contributed by atoms with van der Waals surface area (Å²) in [6.45, 7) is 2.37. The molecule has 0 radical (unpaired) electrons. The van der Waals surface area contributed by atoms with Crippen LogP contribution in [0.2, 0.25) is 5.02 Å². The highest BCUT2D eigenvalue weighted by Gasteiger charge is 2.25. The Morgan fingerprint density at radius 2 is 2.00 bits per heavy atom. The highest BCUT2D eigenvalue weighted by atomic mass is 35.5. The molecule has 3 heterocycles. The summed E-state index contributed by atoms with van der Waals surface area (Å²) in [6.07, 6.45) is 3.23. The molecule has 1 aliphatic rings. The predicted octanol–water partition coefficient (Wildman–Crippen LogP) is 2.28. The van der Waals surface area contributed by atoms with Gasteiger partial charge in [-0.05, 0) is 24.3 Å². The summed E-state index contributed by atoms with van der Waals surface area (Å²) in [6, 6.07) is 6.70. The van der Waals surface area contributed by atoms with Crippen LogP contribution in [0.3, 0.4) is 0 Å². The number of phenolic OH excluding ortho intramolecular Hbond substituents is 1. The zero-order valence-electron chi connectivity index (χ0n) is 13.3. The number of anilines is 1. The summed E-state index contributed by atoms with van der Waals surface area (Å²) >= 11 is 6.02. The minimum absolute atomic E-state index is 0.0382. The maximum Gasteiger partial charge on any atom is 0.254 e. The number of rotatable bonds is 2. The number of H-pyrrole nitrogens is 1. The Hall–Kier alpha value is -2.80. The van der Waals surface area contributed by atoms with E-state index >= 15 is 0 Å². The lowest BCUT2D eigenvalue weighted by atomic mass is 10.1. The number of halogens is 1. The number of aromatic nitrogens is 3. The van der Waals surface area contributed by atoms with Gasteiger partial charge in [0.1, 0.15) is 5.75 Å². The molecule has 1 amide bonds. The minimum Gasteiger partial charge on any atom is -0.506 e. The molecule has 3 aromatic rings. The molecule has 1 aromatic carbocycles. The van der Waals surface area contributed by atoms with Crippen molar-refractivity contribution in [2.24, 2.45) is 0 Å². The first-order chi connectivity index (χ1) is 12.1. The molecule has 2 aromatic heterocycles. The molecule has 0 bridgehead atoms. The Morgan fingerprint density at radius 3 is 2.80 bits per heavy atom. The Balaban J connectivity index is 1.51. The maximum atomic E-state index is 12.8. The highest BCUT2D eigenvalue weighted by molar-refractivity contribution is 6.30. The summed E-state index contributed by atoms with van der Waals surface area (Å²) in [5.74, 6) is 0.155. The molecule has 1 saturated heterocycles. The van der Waals surface area contributed by atoms with E-state index in [4.69, 9.17) is 11.6 Å². The fraction of sp³-hybridized carbons (Fsp3) is 0.235. The molecule has 1 aliphatic heterocycles. The molecular formula is C17H16ClN5O2. The monoisotopic (exact) mass is 357 g/mol. The van der Waals surface area contributed by atoms with E-state index in [2.05, 4.69) is 15.2 Å². The molecule has 0 unspecified atom stereocenters. The van der Waals surface area contributed by atoms with Crippen LogP contribution in [0.4, 0.5) is 5.69 Å². The fourth-order valence-corrected chi connectivity index (χ4v) is 3.27. The van der Waals surface area contributed by atoms with Gasteiger partial charge in [-0.1, -0.05) is 11.6 Å². The zero-order chi connectivity index (χ0) is 17.4. The van der Waals surface area contributed by atoms with Gasteiger partial charge in [0.25, 0.3) is 5.91 Å². The van der Waals surface area contributed by atoms with E-state index in [0.717, 1.165) is 5.39 Å². The molecule has 0 aliphatic carbocycles. The third kappa shape index (κ3) is 2.87. The number of benzene rings is 1. The van der Waals surface area contributed by atoms with Crippen molar-refractivity contribution in [3.63, 3.8) is 0 Å². The Kier molecular flexibility index (Phi) is 3.93.